The van der Waals surface area contributed by atoms with E-state index in [2.05, 4.69) is 46.7 Å². The minimum Gasteiger partial charge on any atom is -0.335 e. The van der Waals surface area contributed by atoms with E-state index in [0.29, 0.717) is 6.04 Å². The number of nitrogens with zero attached hydrogens (tertiary/aromatic N) is 2. The molecule has 4 heteroatoms. The van der Waals surface area contributed by atoms with Gasteiger partial charge in [-0.3, -0.25) is 0 Å². The molecule has 20 heavy (non-hydrogen) atoms. The molecule has 1 N–H and O–H groups in total. The number of hydrogen-bond donors (Lipinski definition) is 1. The lowest BCUT2D eigenvalue weighted by molar-refractivity contribution is 0.510. The molecule has 2 rings (SSSR count). The molecule has 1 atom stereocenters. The molecule has 0 bridgehead atoms. The second-order valence-corrected chi connectivity index (χ2v) is 7.01. The Morgan fingerprint density at radius 1 is 1.35 bits per heavy atom. The van der Waals surface area contributed by atoms with E-state index in [9.17, 15) is 0 Å². The van der Waals surface area contributed by atoms with Gasteiger partial charge in [0, 0.05) is 42.4 Å². The molecule has 0 radical (unpaired) electrons. The average Bonchev–Trinajstić information content (AvgIpc) is 2.93. The molecular formula is C16H29N3S. The van der Waals surface area contributed by atoms with Gasteiger partial charge in [0.25, 0.3) is 0 Å². The van der Waals surface area contributed by atoms with Gasteiger partial charge in [0.15, 0.2) is 0 Å². The fourth-order valence-electron chi connectivity index (χ4n) is 3.00. The van der Waals surface area contributed by atoms with Crippen LogP contribution in [0.5, 0.6) is 0 Å². The van der Waals surface area contributed by atoms with Crippen LogP contribution in [0.2, 0.25) is 0 Å². The van der Waals surface area contributed by atoms with Gasteiger partial charge in [-0.25, -0.2) is 4.98 Å². The molecule has 1 aliphatic carbocycles. The summed E-state index contributed by atoms with van der Waals surface area (Å²) < 4.78 is 2.26. The van der Waals surface area contributed by atoms with Crippen molar-refractivity contribution in [2.45, 2.75) is 70.2 Å². The summed E-state index contributed by atoms with van der Waals surface area (Å²) in [6.07, 6.45) is 12.2. The predicted octanol–water partition coefficient (Wildman–Crippen LogP) is 3.49. The molecule has 0 aliphatic heterocycles. The summed E-state index contributed by atoms with van der Waals surface area (Å²) in [4.78, 5) is 4.52. The number of thioether (sulfide) groups is 1. The van der Waals surface area contributed by atoms with Crippen LogP contribution in [0.25, 0.3) is 0 Å². The van der Waals surface area contributed by atoms with Gasteiger partial charge in [0.1, 0.15) is 5.82 Å². The summed E-state index contributed by atoms with van der Waals surface area (Å²) in [6.45, 7) is 6.45. The summed E-state index contributed by atoms with van der Waals surface area (Å²) in [7, 11) is 0. The Morgan fingerprint density at radius 3 is 2.85 bits per heavy atom. The molecule has 1 aliphatic rings. The fraction of sp³-hybridized carbons (Fsp3) is 0.812. The Bertz CT molecular complexity index is 372. The molecule has 1 fully saturated rings. The van der Waals surface area contributed by atoms with Gasteiger partial charge in [0.2, 0.25) is 0 Å². The Labute approximate surface area is 127 Å². The standard InChI is InChI=1S/C16H29N3S/c1-3-17-14(12-16-18-10-11-19(16)4-2)13-20-15-8-6-5-7-9-15/h10-11,14-15,17H,3-9,12-13H2,1-2H3. The lowest BCUT2D eigenvalue weighted by Crippen LogP contribution is -2.35. The van der Waals surface area contributed by atoms with Crippen LogP contribution >= 0.6 is 11.8 Å². The molecule has 1 saturated carbocycles. The van der Waals surface area contributed by atoms with Crippen molar-refractivity contribution in [3.05, 3.63) is 18.2 Å². The van der Waals surface area contributed by atoms with E-state index < -0.39 is 0 Å². The van der Waals surface area contributed by atoms with Gasteiger partial charge >= 0.3 is 0 Å². The van der Waals surface area contributed by atoms with Crippen molar-refractivity contribution in [2.24, 2.45) is 0 Å². The SMILES string of the molecule is CCNC(CSC1CCCCC1)Cc1nccn1CC. The first-order chi connectivity index (χ1) is 9.83. The monoisotopic (exact) mass is 295 g/mol. The first-order valence-corrected chi connectivity index (χ1v) is 9.23. The molecular weight excluding hydrogens is 266 g/mol. The fourth-order valence-corrected chi connectivity index (χ4v) is 4.41. The zero-order chi connectivity index (χ0) is 14.2. The summed E-state index contributed by atoms with van der Waals surface area (Å²) in [5.74, 6) is 2.44. The van der Waals surface area contributed by atoms with Crippen LogP contribution in [0.3, 0.4) is 0 Å². The zero-order valence-electron chi connectivity index (χ0n) is 13.0. The quantitative estimate of drug-likeness (QED) is 0.796. The highest BCUT2D eigenvalue weighted by Gasteiger charge is 2.17. The maximum absolute atomic E-state index is 4.52. The largest absolute Gasteiger partial charge is 0.335 e. The predicted molar refractivity (Wildman–Crippen MR) is 88.4 cm³/mol. The van der Waals surface area contributed by atoms with Gasteiger partial charge < -0.3 is 9.88 Å². The van der Waals surface area contributed by atoms with Crippen molar-refractivity contribution in [3.63, 3.8) is 0 Å². The molecule has 114 valence electrons. The van der Waals surface area contributed by atoms with Gasteiger partial charge in [-0.15, -0.1) is 0 Å². The van der Waals surface area contributed by atoms with Crippen LogP contribution in [-0.2, 0) is 13.0 Å². The Morgan fingerprint density at radius 2 is 2.15 bits per heavy atom. The van der Waals surface area contributed by atoms with Crippen LogP contribution < -0.4 is 5.32 Å². The van der Waals surface area contributed by atoms with Crippen molar-refractivity contribution in [2.75, 3.05) is 12.3 Å². The topological polar surface area (TPSA) is 29.9 Å². The molecule has 0 amide bonds. The minimum absolute atomic E-state index is 0.555. The highest BCUT2D eigenvalue weighted by Crippen LogP contribution is 2.28. The maximum atomic E-state index is 4.52. The highest BCUT2D eigenvalue weighted by molar-refractivity contribution is 7.99. The molecule has 1 aromatic heterocycles. The summed E-state index contributed by atoms with van der Waals surface area (Å²) in [6, 6.07) is 0.555. The van der Waals surface area contributed by atoms with Crippen molar-refractivity contribution < 1.29 is 0 Å². The van der Waals surface area contributed by atoms with E-state index in [4.69, 9.17) is 0 Å². The van der Waals surface area contributed by atoms with E-state index in [0.717, 1.165) is 24.8 Å². The van der Waals surface area contributed by atoms with Crippen LogP contribution in [0.1, 0.15) is 51.8 Å². The molecule has 1 heterocycles. The second kappa shape index (κ2) is 8.73. The van der Waals surface area contributed by atoms with E-state index in [1.54, 1.807) is 0 Å². The first-order valence-electron chi connectivity index (χ1n) is 8.18. The minimum atomic E-state index is 0.555. The summed E-state index contributed by atoms with van der Waals surface area (Å²) in [5.41, 5.74) is 0. The molecule has 1 aromatic rings. The van der Waals surface area contributed by atoms with Gasteiger partial charge in [0.05, 0.1) is 0 Å². The average molecular weight is 295 g/mol. The number of imidazole rings is 1. The zero-order valence-corrected chi connectivity index (χ0v) is 13.8. The summed E-state index contributed by atoms with van der Waals surface area (Å²) in [5, 5.41) is 4.54. The second-order valence-electron chi connectivity index (χ2n) is 5.68. The van der Waals surface area contributed by atoms with Gasteiger partial charge in [-0.05, 0) is 26.3 Å². The van der Waals surface area contributed by atoms with E-state index in [-0.39, 0.29) is 0 Å². The number of aromatic nitrogens is 2. The number of rotatable bonds is 8. The van der Waals surface area contributed by atoms with E-state index in [1.807, 2.05) is 6.20 Å². The normalized spacial score (nSPS) is 18.3. The van der Waals surface area contributed by atoms with Crippen LogP contribution in [-0.4, -0.2) is 33.1 Å². The number of hydrogen-bond acceptors (Lipinski definition) is 3. The first kappa shape index (κ1) is 15.9. The summed E-state index contributed by atoms with van der Waals surface area (Å²) >= 11 is 2.18. The number of aryl methyl sites for hydroxylation is 1. The van der Waals surface area contributed by atoms with Crippen molar-refractivity contribution in [1.82, 2.24) is 14.9 Å². The highest BCUT2D eigenvalue weighted by atomic mass is 32.2. The number of likely N-dealkylation sites (N-methyl/N-ethyl adjacent to an activating group) is 1. The van der Waals surface area contributed by atoms with Crippen LogP contribution in [0.15, 0.2) is 12.4 Å². The van der Waals surface area contributed by atoms with Crippen molar-refractivity contribution >= 4 is 11.8 Å². The number of nitrogens with one attached hydrogen (secondary N) is 1. The Balaban J connectivity index is 1.83. The smallest absolute Gasteiger partial charge is 0.110 e. The Kier molecular flexibility index (Phi) is 6.94. The van der Waals surface area contributed by atoms with Gasteiger partial charge in [-0.2, -0.15) is 11.8 Å². The van der Waals surface area contributed by atoms with E-state index in [1.165, 1.54) is 43.7 Å². The lowest BCUT2D eigenvalue weighted by Gasteiger charge is -2.24. The van der Waals surface area contributed by atoms with E-state index >= 15 is 0 Å². The van der Waals surface area contributed by atoms with Crippen LogP contribution in [0.4, 0.5) is 0 Å². The van der Waals surface area contributed by atoms with Crippen molar-refractivity contribution in [3.8, 4) is 0 Å². The maximum Gasteiger partial charge on any atom is 0.110 e. The van der Waals surface area contributed by atoms with Crippen LogP contribution in [0, 0.1) is 0 Å². The molecule has 0 aromatic carbocycles. The third-order valence-electron chi connectivity index (χ3n) is 4.15. The van der Waals surface area contributed by atoms with Gasteiger partial charge in [-0.1, -0.05) is 26.2 Å². The van der Waals surface area contributed by atoms with Crippen molar-refractivity contribution in [1.29, 1.82) is 0 Å². The third kappa shape index (κ3) is 4.81. The molecule has 0 saturated heterocycles. The molecule has 0 spiro atoms. The molecule has 1 unspecified atom stereocenters. The third-order valence-corrected chi connectivity index (χ3v) is 5.69. The Hall–Kier alpha value is -0.480. The lowest BCUT2D eigenvalue weighted by atomic mass is 10.0. The molecule has 3 nitrogen and oxygen atoms in total.